The third-order valence-electron chi connectivity index (χ3n) is 5.05. The lowest BCUT2D eigenvalue weighted by molar-refractivity contribution is -0.150. The molecule has 0 N–H and O–H groups in total. The average molecular weight is 379 g/mol. The van der Waals surface area contributed by atoms with E-state index in [1.54, 1.807) is 25.1 Å². The van der Waals surface area contributed by atoms with Crippen LogP contribution in [-0.4, -0.2) is 48.4 Å². The number of esters is 1. The fraction of sp³-hybridized carbons (Fsp3) is 0.526. The number of benzene rings is 1. The molecule has 2 amide bonds. The number of imide groups is 1. The van der Waals surface area contributed by atoms with Gasteiger partial charge < -0.3 is 4.74 Å². The summed E-state index contributed by atoms with van der Waals surface area (Å²) in [6, 6.07) is 4.64. The highest BCUT2D eigenvalue weighted by Crippen LogP contribution is 2.32. The van der Waals surface area contributed by atoms with Gasteiger partial charge in [-0.05, 0) is 50.9 Å². The van der Waals surface area contributed by atoms with Crippen LogP contribution in [-0.2, 0) is 19.1 Å². The molecule has 0 saturated carbocycles. The van der Waals surface area contributed by atoms with Gasteiger partial charge >= 0.3 is 5.97 Å². The maximum atomic E-state index is 13.0. The van der Waals surface area contributed by atoms with Crippen LogP contribution in [0.4, 0.5) is 5.69 Å². The fourth-order valence-electron chi connectivity index (χ4n) is 3.72. The molecular weight excluding hydrogens is 356 g/mol. The molecule has 0 radical (unpaired) electrons. The number of piperidine rings is 1. The summed E-state index contributed by atoms with van der Waals surface area (Å²) in [6.45, 7) is 5.12. The van der Waals surface area contributed by atoms with Crippen LogP contribution in [0.3, 0.4) is 0 Å². The van der Waals surface area contributed by atoms with Crippen molar-refractivity contribution in [2.75, 3.05) is 24.6 Å². The highest BCUT2D eigenvalue weighted by atomic mass is 35.5. The van der Waals surface area contributed by atoms with Crippen molar-refractivity contribution < 1.29 is 19.1 Å². The minimum absolute atomic E-state index is 0.125. The quantitative estimate of drug-likeness (QED) is 0.595. The molecule has 140 valence electrons. The number of hydrogen-bond donors (Lipinski definition) is 0. The van der Waals surface area contributed by atoms with Crippen molar-refractivity contribution in [2.24, 2.45) is 5.92 Å². The van der Waals surface area contributed by atoms with Crippen molar-refractivity contribution in [3.63, 3.8) is 0 Å². The summed E-state index contributed by atoms with van der Waals surface area (Å²) in [7, 11) is 0. The summed E-state index contributed by atoms with van der Waals surface area (Å²) in [5.74, 6) is -0.946. The lowest BCUT2D eigenvalue weighted by Crippen LogP contribution is -2.48. The predicted molar refractivity (Wildman–Crippen MR) is 98.0 cm³/mol. The number of halogens is 1. The number of ether oxygens (including phenoxy) is 1. The molecule has 0 aromatic heterocycles. The van der Waals surface area contributed by atoms with Gasteiger partial charge in [-0.1, -0.05) is 17.7 Å². The number of aryl methyl sites for hydroxylation is 1. The summed E-state index contributed by atoms with van der Waals surface area (Å²) < 4.78 is 5.12. The molecule has 7 heteroatoms. The second kappa shape index (κ2) is 7.76. The number of rotatable bonds is 4. The Balaban J connectivity index is 1.78. The molecule has 2 aliphatic rings. The maximum absolute atomic E-state index is 13.0. The van der Waals surface area contributed by atoms with Crippen molar-refractivity contribution in [1.82, 2.24) is 4.90 Å². The number of nitrogens with zero attached hydrogens (tertiary/aromatic N) is 2. The average Bonchev–Trinajstić information content (AvgIpc) is 2.92. The smallest absolute Gasteiger partial charge is 0.310 e. The van der Waals surface area contributed by atoms with Gasteiger partial charge in [0.1, 0.15) is 0 Å². The summed E-state index contributed by atoms with van der Waals surface area (Å²) in [6.07, 6.45) is 1.68. The van der Waals surface area contributed by atoms with Gasteiger partial charge in [-0.25, -0.2) is 4.90 Å². The first-order valence-corrected chi connectivity index (χ1v) is 9.33. The molecule has 1 aromatic carbocycles. The van der Waals surface area contributed by atoms with Crippen LogP contribution >= 0.6 is 11.6 Å². The lowest BCUT2D eigenvalue weighted by atomic mass is 9.96. The van der Waals surface area contributed by atoms with Gasteiger partial charge in [0, 0.05) is 11.6 Å². The molecule has 2 atom stereocenters. The van der Waals surface area contributed by atoms with Gasteiger partial charge in [-0.2, -0.15) is 0 Å². The highest BCUT2D eigenvalue weighted by Gasteiger charge is 2.44. The monoisotopic (exact) mass is 378 g/mol. The third-order valence-corrected chi connectivity index (χ3v) is 5.28. The Labute approximate surface area is 158 Å². The first-order chi connectivity index (χ1) is 12.4. The molecule has 0 aliphatic carbocycles. The molecule has 1 aromatic rings. The molecule has 2 fully saturated rings. The van der Waals surface area contributed by atoms with E-state index in [9.17, 15) is 14.4 Å². The van der Waals surface area contributed by atoms with E-state index < -0.39 is 6.04 Å². The normalized spacial score (nSPS) is 24.2. The summed E-state index contributed by atoms with van der Waals surface area (Å²) in [5.41, 5.74) is 1.36. The van der Waals surface area contributed by atoms with Gasteiger partial charge in [0.05, 0.1) is 30.7 Å². The number of anilines is 1. The number of likely N-dealkylation sites (tertiary alicyclic amines) is 1. The first kappa shape index (κ1) is 18.9. The van der Waals surface area contributed by atoms with E-state index in [4.69, 9.17) is 16.3 Å². The van der Waals surface area contributed by atoms with Gasteiger partial charge in [0.15, 0.2) is 0 Å². The van der Waals surface area contributed by atoms with Crippen molar-refractivity contribution >= 4 is 35.1 Å². The Morgan fingerprint density at radius 2 is 2.12 bits per heavy atom. The zero-order valence-electron chi connectivity index (χ0n) is 15.0. The second-order valence-corrected chi connectivity index (χ2v) is 7.24. The van der Waals surface area contributed by atoms with E-state index >= 15 is 0 Å². The van der Waals surface area contributed by atoms with Gasteiger partial charge in [-0.15, -0.1) is 0 Å². The standard InChI is InChI=1S/C19H23ClN2O4/c1-3-26-19(25)13-5-4-8-21(11-13)16-10-17(23)22(18(16)24)15-9-14(20)7-6-12(15)2/h6-7,9,13,16H,3-5,8,10-11H2,1-2H3/t13-,16-/m0/s1. The number of carbonyl (C=O) groups excluding carboxylic acids is 3. The van der Waals surface area contributed by atoms with Gasteiger partial charge in [-0.3, -0.25) is 19.3 Å². The zero-order valence-corrected chi connectivity index (χ0v) is 15.8. The number of carbonyl (C=O) groups is 3. The van der Waals surface area contributed by atoms with Crippen molar-refractivity contribution in [3.05, 3.63) is 28.8 Å². The second-order valence-electron chi connectivity index (χ2n) is 6.80. The molecule has 0 spiro atoms. The molecule has 3 rings (SSSR count). The van der Waals surface area contributed by atoms with Crippen LogP contribution in [0, 0.1) is 12.8 Å². The van der Waals surface area contributed by atoms with E-state index in [1.165, 1.54) is 4.90 Å². The Morgan fingerprint density at radius 1 is 1.35 bits per heavy atom. The van der Waals surface area contributed by atoms with Gasteiger partial charge in [0.25, 0.3) is 5.91 Å². The van der Waals surface area contributed by atoms with E-state index in [0.717, 1.165) is 18.4 Å². The van der Waals surface area contributed by atoms with E-state index in [0.29, 0.717) is 30.4 Å². The van der Waals surface area contributed by atoms with Gasteiger partial charge in [0.2, 0.25) is 5.91 Å². The van der Waals surface area contributed by atoms with E-state index in [2.05, 4.69) is 0 Å². The highest BCUT2D eigenvalue weighted by molar-refractivity contribution is 6.31. The molecular formula is C19H23ClN2O4. The predicted octanol–water partition coefficient (Wildman–Crippen LogP) is 2.56. The van der Waals surface area contributed by atoms with Crippen LogP contribution < -0.4 is 4.90 Å². The van der Waals surface area contributed by atoms with Crippen LogP contribution in [0.2, 0.25) is 5.02 Å². The van der Waals surface area contributed by atoms with E-state index in [1.807, 2.05) is 11.8 Å². The third kappa shape index (κ3) is 3.62. The molecule has 0 bridgehead atoms. The Morgan fingerprint density at radius 3 is 2.85 bits per heavy atom. The summed E-state index contributed by atoms with van der Waals surface area (Å²) in [4.78, 5) is 40.8. The topological polar surface area (TPSA) is 66.9 Å². The Bertz CT molecular complexity index is 736. The molecule has 0 unspecified atom stereocenters. The Hall–Kier alpha value is -1.92. The maximum Gasteiger partial charge on any atom is 0.310 e. The van der Waals surface area contributed by atoms with Crippen molar-refractivity contribution in [3.8, 4) is 0 Å². The van der Waals surface area contributed by atoms with Crippen LogP contribution in [0.5, 0.6) is 0 Å². The Kier molecular flexibility index (Phi) is 5.63. The fourth-order valence-corrected chi connectivity index (χ4v) is 3.89. The minimum atomic E-state index is -0.530. The molecule has 2 saturated heterocycles. The van der Waals surface area contributed by atoms with Crippen LogP contribution in [0.25, 0.3) is 0 Å². The zero-order chi connectivity index (χ0) is 18.8. The molecule has 2 heterocycles. The number of hydrogen-bond acceptors (Lipinski definition) is 5. The number of amides is 2. The molecule has 26 heavy (non-hydrogen) atoms. The van der Waals surface area contributed by atoms with Crippen molar-refractivity contribution in [2.45, 2.75) is 39.2 Å². The molecule has 6 nitrogen and oxygen atoms in total. The van der Waals surface area contributed by atoms with Crippen LogP contribution in [0.15, 0.2) is 18.2 Å². The largest absolute Gasteiger partial charge is 0.466 e. The van der Waals surface area contributed by atoms with Crippen molar-refractivity contribution in [1.29, 1.82) is 0 Å². The first-order valence-electron chi connectivity index (χ1n) is 8.96. The SMILES string of the molecule is CCOC(=O)[C@H]1CCCN([C@H]2CC(=O)N(c3cc(Cl)ccc3C)C2=O)C1. The van der Waals surface area contributed by atoms with Crippen LogP contribution in [0.1, 0.15) is 31.7 Å². The summed E-state index contributed by atoms with van der Waals surface area (Å²) >= 11 is 6.05. The lowest BCUT2D eigenvalue weighted by Gasteiger charge is -2.34. The van der Waals surface area contributed by atoms with E-state index in [-0.39, 0.29) is 30.1 Å². The summed E-state index contributed by atoms with van der Waals surface area (Å²) in [5, 5.41) is 0.481. The minimum Gasteiger partial charge on any atom is -0.466 e. The molecule has 2 aliphatic heterocycles.